The largest absolute Gasteiger partial charge is 0.364 e. The fraction of sp³-hybridized carbons (Fsp3) is 0.619. The van der Waals surface area contributed by atoms with Crippen molar-refractivity contribution in [3.8, 4) is 0 Å². The molecule has 4 rings (SSSR count). The molecule has 0 aliphatic carbocycles. The van der Waals surface area contributed by atoms with Crippen molar-refractivity contribution in [1.29, 1.82) is 0 Å². The number of carbonyl (C=O) groups excluding carboxylic acids is 2. The second-order valence-electron chi connectivity index (χ2n) is 7.76. The Labute approximate surface area is 155 Å². The van der Waals surface area contributed by atoms with Crippen molar-refractivity contribution < 1.29 is 14.3 Å². The number of hydrogen-bond acceptors (Lipinski definition) is 3. The summed E-state index contributed by atoms with van der Waals surface area (Å²) in [6.45, 7) is 4.57. The molecule has 2 amide bonds. The average molecular weight is 356 g/mol. The van der Waals surface area contributed by atoms with Gasteiger partial charge in [0.25, 0.3) is 0 Å². The first-order valence-corrected chi connectivity index (χ1v) is 9.95. The van der Waals surface area contributed by atoms with Gasteiger partial charge in [-0.15, -0.1) is 0 Å². The molecule has 0 bridgehead atoms. The molecule has 3 heterocycles. The summed E-state index contributed by atoms with van der Waals surface area (Å²) in [6.07, 6.45) is 5.15. The normalized spacial score (nSPS) is 28.3. The highest BCUT2D eigenvalue weighted by molar-refractivity contribution is 5.88. The van der Waals surface area contributed by atoms with Crippen LogP contribution in [0.3, 0.4) is 0 Å². The van der Waals surface area contributed by atoms with Gasteiger partial charge in [0.05, 0.1) is 13.2 Å². The fourth-order valence-corrected chi connectivity index (χ4v) is 4.83. The maximum Gasteiger partial charge on any atom is 0.245 e. The van der Waals surface area contributed by atoms with E-state index in [1.807, 2.05) is 22.8 Å². The van der Waals surface area contributed by atoms with Crippen LogP contribution in [0.25, 0.3) is 0 Å². The van der Waals surface area contributed by atoms with Crippen molar-refractivity contribution in [3.63, 3.8) is 0 Å². The van der Waals surface area contributed by atoms with E-state index < -0.39 is 0 Å². The molecule has 1 spiro atoms. The van der Waals surface area contributed by atoms with Gasteiger partial charge in [0.2, 0.25) is 11.8 Å². The third-order valence-corrected chi connectivity index (χ3v) is 6.19. The quantitative estimate of drug-likeness (QED) is 0.819. The van der Waals surface area contributed by atoms with Crippen LogP contribution in [0.15, 0.2) is 24.3 Å². The molecule has 2 saturated heterocycles. The minimum absolute atomic E-state index is 0.0947. The van der Waals surface area contributed by atoms with Gasteiger partial charge in [-0.2, -0.15) is 0 Å². The molecule has 5 heteroatoms. The number of carbonyl (C=O) groups is 2. The van der Waals surface area contributed by atoms with Gasteiger partial charge < -0.3 is 14.5 Å². The Morgan fingerprint density at radius 1 is 1.19 bits per heavy atom. The Bertz CT molecular complexity index is 700. The van der Waals surface area contributed by atoms with Gasteiger partial charge in [0, 0.05) is 19.5 Å². The molecule has 26 heavy (non-hydrogen) atoms. The predicted molar refractivity (Wildman–Crippen MR) is 98.4 cm³/mol. The van der Waals surface area contributed by atoms with E-state index >= 15 is 0 Å². The Morgan fingerprint density at radius 2 is 2.04 bits per heavy atom. The van der Waals surface area contributed by atoms with Crippen LogP contribution < -0.4 is 0 Å². The van der Waals surface area contributed by atoms with Crippen LogP contribution >= 0.6 is 0 Å². The lowest BCUT2D eigenvalue weighted by Crippen LogP contribution is -2.57. The number of rotatable bonds is 2. The second kappa shape index (κ2) is 7.03. The smallest absolute Gasteiger partial charge is 0.245 e. The Balaban J connectivity index is 1.55. The van der Waals surface area contributed by atoms with E-state index in [9.17, 15) is 9.59 Å². The zero-order valence-electron chi connectivity index (χ0n) is 15.6. The molecular formula is C21H28N2O3. The van der Waals surface area contributed by atoms with Crippen molar-refractivity contribution in [2.24, 2.45) is 0 Å². The van der Waals surface area contributed by atoms with Gasteiger partial charge in [0.1, 0.15) is 11.6 Å². The van der Waals surface area contributed by atoms with Crippen LogP contribution in [-0.2, 0) is 26.5 Å². The molecule has 2 unspecified atom stereocenters. The monoisotopic (exact) mass is 356 g/mol. The first-order chi connectivity index (χ1) is 12.6. The fourth-order valence-electron chi connectivity index (χ4n) is 4.83. The molecule has 2 atom stereocenters. The Kier molecular flexibility index (Phi) is 4.74. The number of nitrogens with zero attached hydrogens (tertiary/aromatic N) is 2. The number of hydrogen-bond donors (Lipinski definition) is 0. The van der Waals surface area contributed by atoms with Crippen molar-refractivity contribution in [2.75, 3.05) is 19.6 Å². The zero-order valence-corrected chi connectivity index (χ0v) is 15.6. The first kappa shape index (κ1) is 17.5. The van der Waals surface area contributed by atoms with E-state index in [2.05, 4.69) is 18.2 Å². The van der Waals surface area contributed by atoms with E-state index in [1.54, 1.807) is 0 Å². The van der Waals surface area contributed by atoms with E-state index in [-0.39, 0.29) is 23.5 Å². The van der Waals surface area contributed by atoms with E-state index in [0.717, 1.165) is 38.6 Å². The van der Waals surface area contributed by atoms with E-state index in [1.165, 1.54) is 11.1 Å². The Hall–Kier alpha value is -1.88. The van der Waals surface area contributed by atoms with Gasteiger partial charge in [-0.1, -0.05) is 31.2 Å². The minimum atomic E-state index is -0.362. The second-order valence-corrected chi connectivity index (χ2v) is 7.76. The molecule has 140 valence electrons. The van der Waals surface area contributed by atoms with Gasteiger partial charge in [-0.05, 0) is 43.2 Å². The van der Waals surface area contributed by atoms with Gasteiger partial charge in [-0.25, -0.2) is 0 Å². The highest BCUT2D eigenvalue weighted by Crippen LogP contribution is 2.43. The van der Waals surface area contributed by atoms with Crippen molar-refractivity contribution in [2.45, 2.75) is 63.7 Å². The maximum atomic E-state index is 13.3. The lowest BCUT2D eigenvalue weighted by molar-refractivity contribution is -0.154. The predicted octanol–water partition coefficient (Wildman–Crippen LogP) is 2.83. The Morgan fingerprint density at radius 3 is 2.88 bits per heavy atom. The minimum Gasteiger partial charge on any atom is -0.364 e. The maximum absolute atomic E-state index is 13.3. The average Bonchev–Trinajstić information content (AvgIpc) is 3.05. The number of likely N-dealkylation sites (tertiary alicyclic amines) is 2. The molecule has 3 aliphatic rings. The molecule has 1 aromatic carbocycles. The molecular weight excluding hydrogens is 328 g/mol. The third kappa shape index (κ3) is 2.92. The van der Waals surface area contributed by atoms with Crippen molar-refractivity contribution in [1.82, 2.24) is 9.80 Å². The molecule has 0 radical (unpaired) electrons. The summed E-state index contributed by atoms with van der Waals surface area (Å²) in [5, 5.41) is 0. The summed E-state index contributed by atoms with van der Waals surface area (Å²) >= 11 is 0. The van der Waals surface area contributed by atoms with Crippen LogP contribution in [0.2, 0.25) is 0 Å². The van der Waals surface area contributed by atoms with Gasteiger partial charge in [-0.3, -0.25) is 9.59 Å². The number of ether oxygens (including phenoxy) is 1. The van der Waals surface area contributed by atoms with Crippen molar-refractivity contribution >= 4 is 11.8 Å². The molecule has 0 N–H and O–H groups in total. The summed E-state index contributed by atoms with van der Waals surface area (Å²) in [5.74, 6) is 0.204. The van der Waals surface area contributed by atoms with Crippen LogP contribution in [0.4, 0.5) is 0 Å². The molecule has 3 aliphatic heterocycles. The molecule has 0 saturated carbocycles. The standard InChI is InChI=1S/C21H28N2O3/c1-2-19(24)23-13-6-5-10-18(23)20(25)22-12-7-11-21(15-22)17-9-4-3-8-16(17)14-26-21/h3-4,8-9,18H,2,5-7,10-15H2,1H3. The van der Waals surface area contributed by atoms with Crippen LogP contribution in [-0.4, -0.2) is 47.3 Å². The molecule has 2 fully saturated rings. The van der Waals surface area contributed by atoms with E-state index in [4.69, 9.17) is 4.74 Å². The number of fused-ring (bicyclic) bond motifs is 2. The van der Waals surface area contributed by atoms with Crippen LogP contribution in [0.5, 0.6) is 0 Å². The summed E-state index contributed by atoms with van der Waals surface area (Å²) in [5.41, 5.74) is 2.11. The lowest BCUT2D eigenvalue weighted by atomic mass is 9.84. The number of amides is 2. The summed E-state index contributed by atoms with van der Waals surface area (Å²) in [6, 6.07) is 8.07. The third-order valence-electron chi connectivity index (χ3n) is 6.19. The summed E-state index contributed by atoms with van der Waals surface area (Å²) in [7, 11) is 0. The first-order valence-electron chi connectivity index (χ1n) is 9.95. The highest BCUT2D eigenvalue weighted by atomic mass is 16.5. The van der Waals surface area contributed by atoms with Gasteiger partial charge >= 0.3 is 0 Å². The van der Waals surface area contributed by atoms with Crippen LogP contribution in [0.1, 0.15) is 56.6 Å². The highest BCUT2D eigenvalue weighted by Gasteiger charge is 2.46. The number of benzene rings is 1. The number of piperidine rings is 2. The summed E-state index contributed by atoms with van der Waals surface area (Å²) < 4.78 is 6.24. The molecule has 1 aromatic rings. The topological polar surface area (TPSA) is 49.9 Å². The van der Waals surface area contributed by atoms with E-state index in [0.29, 0.717) is 26.1 Å². The summed E-state index contributed by atoms with van der Waals surface area (Å²) in [4.78, 5) is 29.4. The van der Waals surface area contributed by atoms with Crippen molar-refractivity contribution in [3.05, 3.63) is 35.4 Å². The molecule has 5 nitrogen and oxygen atoms in total. The van der Waals surface area contributed by atoms with Gasteiger partial charge in [0.15, 0.2) is 0 Å². The lowest BCUT2D eigenvalue weighted by Gasteiger charge is -2.44. The van der Waals surface area contributed by atoms with Crippen LogP contribution in [0, 0.1) is 0 Å². The molecule has 0 aromatic heterocycles. The zero-order chi connectivity index (χ0) is 18.1. The SMILES string of the molecule is CCC(=O)N1CCCCC1C(=O)N1CCCC2(C1)OCc1ccccc12.